The zero-order valence-corrected chi connectivity index (χ0v) is 17.5. The Balaban J connectivity index is 1.37. The molecule has 0 spiro atoms. The van der Waals surface area contributed by atoms with Crippen molar-refractivity contribution in [2.24, 2.45) is 5.92 Å². The van der Waals surface area contributed by atoms with Crippen molar-refractivity contribution in [3.05, 3.63) is 70.2 Å². The van der Waals surface area contributed by atoms with Crippen molar-refractivity contribution in [2.75, 3.05) is 19.6 Å². The number of nitrogens with zero attached hydrogens (tertiary/aromatic N) is 2. The van der Waals surface area contributed by atoms with E-state index in [1.807, 2.05) is 47.4 Å². The van der Waals surface area contributed by atoms with E-state index in [0.717, 1.165) is 36.7 Å². The van der Waals surface area contributed by atoms with Crippen LogP contribution < -0.4 is 0 Å². The van der Waals surface area contributed by atoms with E-state index in [1.165, 1.54) is 5.56 Å². The lowest BCUT2D eigenvalue weighted by molar-refractivity contribution is -0.137. The van der Waals surface area contributed by atoms with E-state index in [-0.39, 0.29) is 23.8 Å². The Kier molecular flexibility index (Phi) is 5.81. The molecule has 2 aromatic carbocycles. The Labute approximate surface area is 174 Å². The normalized spacial score (nSPS) is 20.4. The van der Waals surface area contributed by atoms with E-state index in [2.05, 4.69) is 33.0 Å². The van der Waals surface area contributed by atoms with Crippen molar-refractivity contribution in [1.82, 2.24) is 9.80 Å². The predicted molar refractivity (Wildman–Crippen MR) is 113 cm³/mol. The first-order chi connectivity index (χ1) is 13.6. The second kappa shape index (κ2) is 8.48. The highest BCUT2D eigenvalue weighted by Crippen LogP contribution is 2.34. The van der Waals surface area contributed by atoms with Crippen LogP contribution in [0.1, 0.15) is 47.6 Å². The highest BCUT2D eigenvalue weighted by molar-refractivity contribution is 9.10. The summed E-state index contributed by atoms with van der Waals surface area (Å²) in [5, 5.41) is 0. The number of piperidine rings is 1. The number of carbonyl (C=O) groups excluding carboxylic acids is 2. The quantitative estimate of drug-likeness (QED) is 0.695. The molecule has 0 radical (unpaired) electrons. The van der Waals surface area contributed by atoms with Gasteiger partial charge in [-0.25, -0.2) is 0 Å². The molecule has 2 aromatic rings. The molecule has 2 aliphatic heterocycles. The van der Waals surface area contributed by atoms with E-state index in [9.17, 15) is 9.59 Å². The topological polar surface area (TPSA) is 40.6 Å². The zero-order chi connectivity index (χ0) is 19.5. The SMILES string of the molecule is O=C(c1ccc(Br)cc1)N1CCC(C(=O)N2CCCC2c2ccccc2)CC1. The van der Waals surface area contributed by atoms with Crippen molar-refractivity contribution < 1.29 is 9.59 Å². The van der Waals surface area contributed by atoms with Gasteiger partial charge in [0, 0.05) is 35.6 Å². The standard InChI is InChI=1S/C23H25BrN2O2/c24-20-10-8-18(9-11-20)22(27)25-15-12-19(13-16-25)23(28)26-14-4-7-21(26)17-5-2-1-3-6-17/h1-3,5-6,8-11,19,21H,4,7,12-16H2. The molecule has 28 heavy (non-hydrogen) atoms. The molecule has 0 bridgehead atoms. The molecule has 0 N–H and O–H groups in total. The third-order valence-corrected chi connectivity index (χ3v) is 6.47. The number of hydrogen-bond acceptors (Lipinski definition) is 2. The summed E-state index contributed by atoms with van der Waals surface area (Å²) in [6.07, 6.45) is 3.60. The second-order valence-electron chi connectivity index (χ2n) is 7.67. The maximum atomic E-state index is 13.2. The Bertz CT molecular complexity index is 829. The van der Waals surface area contributed by atoms with Gasteiger partial charge in [-0.1, -0.05) is 46.3 Å². The number of carbonyl (C=O) groups is 2. The lowest BCUT2D eigenvalue weighted by Crippen LogP contribution is -2.44. The van der Waals surface area contributed by atoms with E-state index in [0.29, 0.717) is 18.7 Å². The molecule has 2 fully saturated rings. The average molecular weight is 441 g/mol. The molecule has 2 heterocycles. The average Bonchev–Trinajstić information content (AvgIpc) is 3.24. The van der Waals surface area contributed by atoms with Crippen LogP contribution in [0.2, 0.25) is 0 Å². The number of likely N-dealkylation sites (tertiary alicyclic amines) is 2. The van der Waals surface area contributed by atoms with Gasteiger partial charge in [0.25, 0.3) is 5.91 Å². The van der Waals surface area contributed by atoms with Gasteiger partial charge in [0.1, 0.15) is 0 Å². The summed E-state index contributed by atoms with van der Waals surface area (Å²) >= 11 is 3.40. The molecule has 5 heteroatoms. The van der Waals surface area contributed by atoms with Crippen LogP contribution in [0, 0.1) is 5.92 Å². The molecule has 2 aliphatic rings. The van der Waals surface area contributed by atoms with E-state index >= 15 is 0 Å². The van der Waals surface area contributed by atoms with Gasteiger partial charge < -0.3 is 9.80 Å². The maximum absolute atomic E-state index is 13.2. The molecule has 0 aromatic heterocycles. The van der Waals surface area contributed by atoms with E-state index in [1.54, 1.807) is 0 Å². The summed E-state index contributed by atoms with van der Waals surface area (Å²) in [4.78, 5) is 29.8. The van der Waals surface area contributed by atoms with Crippen molar-refractivity contribution >= 4 is 27.7 Å². The first kappa shape index (κ1) is 19.2. The molecular formula is C23H25BrN2O2. The number of halogens is 1. The fourth-order valence-electron chi connectivity index (χ4n) is 4.39. The minimum atomic E-state index is 0.0262. The Hall–Kier alpha value is -2.14. The zero-order valence-electron chi connectivity index (χ0n) is 15.9. The molecule has 0 saturated carbocycles. The molecule has 1 unspecified atom stereocenters. The first-order valence-electron chi connectivity index (χ1n) is 10.0. The summed E-state index contributed by atoms with van der Waals surface area (Å²) in [5.41, 5.74) is 1.94. The summed E-state index contributed by atoms with van der Waals surface area (Å²) < 4.78 is 0.965. The summed E-state index contributed by atoms with van der Waals surface area (Å²) in [5.74, 6) is 0.349. The van der Waals surface area contributed by atoms with Gasteiger partial charge in [-0.2, -0.15) is 0 Å². The first-order valence-corrected chi connectivity index (χ1v) is 10.8. The summed E-state index contributed by atoms with van der Waals surface area (Å²) in [6.45, 7) is 2.14. The van der Waals surface area contributed by atoms with Crippen LogP contribution in [0.25, 0.3) is 0 Å². The highest BCUT2D eigenvalue weighted by atomic mass is 79.9. The van der Waals surface area contributed by atoms with Gasteiger partial charge >= 0.3 is 0 Å². The van der Waals surface area contributed by atoms with Crippen LogP contribution in [0.3, 0.4) is 0 Å². The van der Waals surface area contributed by atoms with Crippen LogP contribution >= 0.6 is 15.9 Å². The highest BCUT2D eigenvalue weighted by Gasteiger charge is 2.36. The molecule has 1 atom stereocenters. The van der Waals surface area contributed by atoms with Crippen LogP contribution in [-0.4, -0.2) is 41.2 Å². The van der Waals surface area contributed by atoms with Crippen molar-refractivity contribution in [1.29, 1.82) is 0 Å². The molecular weight excluding hydrogens is 416 g/mol. The molecule has 4 rings (SSSR count). The Morgan fingerprint density at radius 3 is 2.21 bits per heavy atom. The Morgan fingerprint density at radius 1 is 0.857 bits per heavy atom. The van der Waals surface area contributed by atoms with Crippen LogP contribution in [0.15, 0.2) is 59.1 Å². The smallest absolute Gasteiger partial charge is 0.253 e. The van der Waals surface area contributed by atoms with Crippen molar-refractivity contribution in [3.63, 3.8) is 0 Å². The monoisotopic (exact) mass is 440 g/mol. The van der Waals surface area contributed by atoms with Gasteiger partial charge in [0.05, 0.1) is 6.04 Å². The van der Waals surface area contributed by atoms with Crippen LogP contribution in [0.5, 0.6) is 0 Å². The molecule has 146 valence electrons. The van der Waals surface area contributed by atoms with E-state index < -0.39 is 0 Å². The third-order valence-electron chi connectivity index (χ3n) is 5.94. The summed E-state index contributed by atoms with van der Waals surface area (Å²) in [7, 11) is 0. The number of amides is 2. The fraction of sp³-hybridized carbons (Fsp3) is 0.391. The minimum absolute atomic E-state index is 0.0262. The minimum Gasteiger partial charge on any atom is -0.339 e. The van der Waals surface area contributed by atoms with Crippen LogP contribution in [-0.2, 0) is 4.79 Å². The van der Waals surface area contributed by atoms with Gasteiger partial charge in [-0.05, 0) is 55.5 Å². The van der Waals surface area contributed by atoms with Gasteiger partial charge in [-0.3, -0.25) is 9.59 Å². The number of hydrogen-bond donors (Lipinski definition) is 0. The van der Waals surface area contributed by atoms with Crippen LogP contribution in [0.4, 0.5) is 0 Å². The molecule has 2 saturated heterocycles. The van der Waals surface area contributed by atoms with Crippen molar-refractivity contribution in [3.8, 4) is 0 Å². The van der Waals surface area contributed by atoms with Gasteiger partial charge in [-0.15, -0.1) is 0 Å². The molecule has 2 amide bonds. The lowest BCUT2D eigenvalue weighted by atomic mass is 9.94. The third kappa shape index (κ3) is 4.00. The number of rotatable bonds is 3. The predicted octanol–water partition coefficient (Wildman–Crippen LogP) is 4.67. The second-order valence-corrected chi connectivity index (χ2v) is 8.59. The van der Waals surface area contributed by atoms with E-state index in [4.69, 9.17) is 0 Å². The van der Waals surface area contributed by atoms with Gasteiger partial charge in [0.2, 0.25) is 5.91 Å². The Morgan fingerprint density at radius 2 is 1.54 bits per heavy atom. The van der Waals surface area contributed by atoms with Gasteiger partial charge in [0.15, 0.2) is 0 Å². The summed E-state index contributed by atoms with van der Waals surface area (Å²) in [6, 6.07) is 18.0. The largest absolute Gasteiger partial charge is 0.339 e. The number of benzene rings is 2. The maximum Gasteiger partial charge on any atom is 0.253 e. The fourth-order valence-corrected chi connectivity index (χ4v) is 4.66. The van der Waals surface area contributed by atoms with Crippen molar-refractivity contribution in [2.45, 2.75) is 31.7 Å². The molecule has 4 nitrogen and oxygen atoms in total. The lowest BCUT2D eigenvalue weighted by Gasteiger charge is -2.35. The molecule has 0 aliphatic carbocycles.